The van der Waals surface area contributed by atoms with Crippen molar-refractivity contribution in [2.24, 2.45) is 5.92 Å². The monoisotopic (exact) mass is 280 g/mol. The molecule has 0 aromatic carbocycles. The smallest absolute Gasteiger partial charge is 0.227 e. The van der Waals surface area contributed by atoms with Crippen molar-refractivity contribution in [1.82, 2.24) is 9.80 Å². The Balaban J connectivity index is 1.92. The van der Waals surface area contributed by atoms with E-state index in [2.05, 4.69) is 6.92 Å². The predicted octanol–water partition coefficient (Wildman–Crippen LogP) is 2.43. The van der Waals surface area contributed by atoms with Crippen molar-refractivity contribution in [3.8, 4) is 0 Å². The lowest BCUT2D eigenvalue weighted by Gasteiger charge is -2.26. The summed E-state index contributed by atoms with van der Waals surface area (Å²) in [4.78, 5) is 28.6. The summed E-state index contributed by atoms with van der Waals surface area (Å²) in [5, 5.41) is 0. The van der Waals surface area contributed by atoms with Crippen molar-refractivity contribution >= 4 is 11.8 Å². The van der Waals surface area contributed by atoms with Crippen LogP contribution in [0.2, 0.25) is 0 Å². The average molecular weight is 280 g/mol. The van der Waals surface area contributed by atoms with Crippen molar-refractivity contribution in [2.45, 2.75) is 64.8 Å². The Bertz CT molecular complexity index is 350. The van der Waals surface area contributed by atoms with Crippen molar-refractivity contribution in [3.63, 3.8) is 0 Å². The summed E-state index contributed by atoms with van der Waals surface area (Å²) in [5.74, 6) is 0.288. The van der Waals surface area contributed by atoms with Crippen LogP contribution in [-0.2, 0) is 9.59 Å². The molecule has 2 fully saturated rings. The minimum absolute atomic E-state index is 0.0973. The first-order valence-electron chi connectivity index (χ1n) is 8.25. The predicted molar refractivity (Wildman–Crippen MR) is 79.2 cm³/mol. The molecule has 1 heterocycles. The van der Waals surface area contributed by atoms with Crippen LogP contribution in [0, 0.1) is 5.92 Å². The van der Waals surface area contributed by atoms with Gasteiger partial charge in [0, 0.05) is 32.1 Å². The molecule has 2 rings (SSSR count). The molecule has 4 nitrogen and oxygen atoms in total. The molecular formula is C16H28N2O2. The van der Waals surface area contributed by atoms with Crippen LogP contribution < -0.4 is 0 Å². The maximum atomic E-state index is 12.5. The van der Waals surface area contributed by atoms with Gasteiger partial charge in [0.15, 0.2) is 0 Å². The maximum absolute atomic E-state index is 12.5. The van der Waals surface area contributed by atoms with Crippen molar-refractivity contribution < 1.29 is 9.59 Å². The van der Waals surface area contributed by atoms with E-state index in [1.54, 1.807) is 0 Å². The average Bonchev–Trinajstić information content (AvgIpc) is 3.08. The molecule has 1 atom stereocenters. The van der Waals surface area contributed by atoms with Crippen LogP contribution in [0.5, 0.6) is 0 Å². The molecular weight excluding hydrogens is 252 g/mol. The Labute approximate surface area is 122 Å². The highest BCUT2D eigenvalue weighted by Crippen LogP contribution is 2.30. The van der Waals surface area contributed by atoms with E-state index in [-0.39, 0.29) is 17.7 Å². The molecule has 2 aliphatic rings. The third kappa shape index (κ3) is 3.33. The van der Waals surface area contributed by atoms with Gasteiger partial charge in [-0.25, -0.2) is 0 Å². The summed E-state index contributed by atoms with van der Waals surface area (Å²) in [6.45, 7) is 6.41. The largest absolute Gasteiger partial charge is 0.343 e. The van der Waals surface area contributed by atoms with Crippen LogP contribution in [0.25, 0.3) is 0 Å². The highest BCUT2D eigenvalue weighted by molar-refractivity contribution is 5.89. The molecule has 0 spiro atoms. The molecule has 20 heavy (non-hydrogen) atoms. The molecule has 1 saturated heterocycles. The highest BCUT2D eigenvalue weighted by atomic mass is 16.2. The van der Waals surface area contributed by atoms with Crippen LogP contribution in [0.15, 0.2) is 0 Å². The van der Waals surface area contributed by atoms with E-state index < -0.39 is 0 Å². The van der Waals surface area contributed by atoms with E-state index in [4.69, 9.17) is 0 Å². The number of hydrogen-bond acceptors (Lipinski definition) is 2. The van der Waals surface area contributed by atoms with Gasteiger partial charge in [-0.1, -0.05) is 26.2 Å². The molecule has 0 N–H and O–H groups in total. The molecule has 1 saturated carbocycles. The second-order valence-corrected chi connectivity index (χ2v) is 6.16. The lowest BCUT2D eigenvalue weighted by Crippen LogP contribution is -2.39. The van der Waals surface area contributed by atoms with Crippen LogP contribution >= 0.6 is 0 Å². The molecule has 1 unspecified atom stereocenters. The summed E-state index contributed by atoms with van der Waals surface area (Å²) < 4.78 is 0. The van der Waals surface area contributed by atoms with E-state index in [1.165, 1.54) is 12.8 Å². The number of nitrogens with zero attached hydrogens (tertiary/aromatic N) is 2. The Morgan fingerprint density at radius 2 is 2.00 bits per heavy atom. The molecule has 2 amide bonds. The summed E-state index contributed by atoms with van der Waals surface area (Å²) in [7, 11) is 0. The van der Waals surface area contributed by atoms with Gasteiger partial charge in [-0.2, -0.15) is 0 Å². The summed E-state index contributed by atoms with van der Waals surface area (Å²) >= 11 is 0. The zero-order valence-corrected chi connectivity index (χ0v) is 12.9. The zero-order valence-electron chi connectivity index (χ0n) is 12.9. The third-order valence-electron chi connectivity index (χ3n) is 4.75. The topological polar surface area (TPSA) is 40.6 Å². The summed E-state index contributed by atoms with van der Waals surface area (Å²) in [5.41, 5.74) is 0. The highest BCUT2D eigenvalue weighted by Gasteiger charge is 2.39. The lowest BCUT2D eigenvalue weighted by atomic mass is 10.1. The van der Waals surface area contributed by atoms with Gasteiger partial charge in [0.1, 0.15) is 0 Å². The van der Waals surface area contributed by atoms with Crippen LogP contribution in [0.1, 0.15) is 58.8 Å². The van der Waals surface area contributed by atoms with Crippen LogP contribution in [-0.4, -0.2) is 47.3 Å². The number of amides is 2. The Kier molecular flexibility index (Phi) is 5.44. The molecule has 114 valence electrons. The minimum atomic E-state index is -0.0973. The quantitative estimate of drug-likeness (QED) is 0.749. The Morgan fingerprint density at radius 3 is 2.60 bits per heavy atom. The zero-order chi connectivity index (χ0) is 14.5. The number of hydrogen-bond donors (Lipinski definition) is 0. The van der Waals surface area contributed by atoms with Gasteiger partial charge >= 0.3 is 0 Å². The summed E-state index contributed by atoms with van der Waals surface area (Å²) in [6.07, 6.45) is 7.28. The standard InChI is InChI=1S/C16H28N2O2/c1-3-5-10-17(4-2)16(20)13-11-15(19)18(12-13)14-8-6-7-9-14/h13-14H,3-12H2,1-2H3. The van der Waals surface area contributed by atoms with E-state index >= 15 is 0 Å². The molecule has 0 aromatic rings. The van der Waals surface area contributed by atoms with Crippen molar-refractivity contribution in [3.05, 3.63) is 0 Å². The molecule has 4 heteroatoms. The SMILES string of the molecule is CCCCN(CC)C(=O)C1CC(=O)N(C2CCCC2)C1. The van der Waals surface area contributed by atoms with E-state index in [0.717, 1.165) is 38.8 Å². The summed E-state index contributed by atoms with van der Waals surface area (Å²) in [6, 6.07) is 0.408. The van der Waals surface area contributed by atoms with Gasteiger partial charge in [0.05, 0.1) is 5.92 Å². The van der Waals surface area contributed by atoms with Gasteiger partial charge < -0.3 is 9.80 Å². The minimum Gasteiger partial charge on any atom is -0.343 e. The van der Waals surface area contributed by atoms with E-state index in [0.29, 0.717) is 19.0 Å². The fourth-order valence-electron chi connectivity index (χ4n) is 3.50. The van der Waals surface area contributed by atoms with E-state index in [9.17, 15) is 9.59 Å². The lowest BCUT2D eigenvalue weighted by molar-refractivity contribution is -0.135. The number of rotatable bonds is 6. The third-order valence-corrected chi connectivity index (χ3v) is 4.75. The number of unbranched alkanes of at least 4 members (excludes halogenated alkanes) is 1. The fraction of sp³-hybridized carbons (Fsp3) is 0.875. The molecule has 0 radical (unpaired) electrons. The first-order chi connectivity index (χ1) is 9.67. The van der Waals surface area contributed by atoms with Crippen molar-refractivity contribution in [2.75, 3.05) is 19.6 Å². The molecule has 0 aromatic heterocycles. The number of carbonyl (C=O) groups excluding carboxylic acids is 2. The Hall–Kier alpha value is -1.06. The molecule has 1 aliphatic heterocycles. The first-order valence-corrected chi connectivity index (χ1v) is 8.25. The van der Waals surface area contributed by atoms with E-state index in [1.807, 2.05) is 16.7 Å². The number of carbonyl (C=O) groups is 2. The van der Waals surface area contributed by atoms with Gasteiger partial charge in [-0.15, -0.1) is 0 Å². The fourth-order valence-corrected chi connectivity index (χ4v) is 3.50. The second-order valence-electron chi connectivity index (χ2n) is 6.16. The van der Waals surface area contributed by atoms with Crippen LogP contribution in [0.4, 0.5) is 0 Å². The first kappa shape index (κ1) is 15.3. The van der Waals surface area contributed by atoms with Gasteiger partial charge in [-0.3, -0.25) is 9.59 Å². The van der Waals surface area contributed by atoms with Crippen LogP contribution in [0.3, 0.4) is 0 Å². The second kappa shape index (κ2) is 7.09. The molecule has 0 bridgehead atoms. The van der Waals surface area contributed by atoms with Gasteiger partial charge in [0.25, 0.3) is 0 Å². The Morgan fingerprint density at radius 1 is 1.30 bits per heavy atom. The molecule has 1 aliphatic carbocycles. The maximum Gasteiger partial charge on any atom is 0.227 e. The van der Waals surface area contributed by atoms with Crippen molar-refractivity contribution in [1.29, 1.82) is 0 Å². The normalized spacial score (nSPS) is 23.6. The number of likely N-dealkylation sites (tertiary alicyclic amines) is 1. The van der Waals surface area contributed by atoms with Gasteiger partial charge in [-0.05, 0) is 26.2 Å². The van der Waals surface area contributed by atoms with Gasteiger partial charge in [0.2, 0.25) is 11.8 Å².